The number of hydrogen-bond acceptors (Lipinski definition) is 4. The third-order valence-corrected chi connectivity index (χ3v) is 5.63. The second-order valence-electron chi connectivity index (χ2n) is 5.41. The summed E-state index contributed by atoms with van der Waals surface area (Å²) in [4.78, 5) is 5.49. The van der Waals surface area contributed by atoms with Crippen LogP contribution >= 0.6 is 23.6 Å². The van der Waals surface area contributed by atoms with Crippen LogP contribution in [0.2, 0.25) is 0 Å². The molecule has 1 heterocycles. The molecule has 106 valence electrons. The van der Waals surface area contributed by atoms with E-state index in [9.17, 15) is 5.11 Å². The number of nitrogens with zero attached hydrogens (tertiary/aromatic N) is 2. The molecule has 0 saturated heterocycles. The van der Waals surface area contributed by atoms with Gasteiger partial charge >= 0.3 is 0 Å². The Kier molecular flexibility index (Phi) is 4.79. The van der Waals surface area contributed by atoms with Gasteiger partial charge in [-0.3, -0.25) is 9.56 Å². The van der Waals surface area contributed by atoms with Gasteiger partial charge in [0.2, 0.25) is 5.88 Å². The van der Waals surface area contributed by atoms with Crippen molar-refractivity contribution >= 4 is 29.8 Å². The monoisotopic (exact) mass is 298 g/mol. The molecule has 19 heavy (non-hydrogen) atoms. The molecule has 2 rings (SSSR count). The van der Waals surface area contributed by atoms with Gasteiger partial charge in [0, 0.05) is 12.8 Å². The Morgan fingerprint density at radius 3 is 2.84 bits per heavy atom. The summed E-state index contributed by atoms with van der Waals surface area (Å²) < 4.78 is 2.46. The maximum Gasteiger partial charge on any atom is 0.212 e. The van der Waals surface area contributed by atoms with Gasteiger partial charge in [-0.25, -0.2) is 0 Å². The Hall–Kier alpha value is -0.680. The van der Waals surface area contributed by atoms with Gasteiger partial charge in [0.15, 0.2) is 3.95 Å². The van der Waals surface area contributed by atoms with Crippen LogP contribution in [0.5, 0.6) is 5.88 Å². The molecule has 5 heteroatoms. The van der Waals surface area contributed by atoms with Crippen LogP contribution in [0.3, 0.4) is 0 Å². The molecule has 0 aliphatic heterocycles. The summed E-state index contributed by atoms with van der Waals surface area (Å²) in [7, 11) is 0. The smallest absolute Gasteiger partial charge is 0.212 e. The summed E-state index contributed by atoms with van der Waals surface area (Å²) in [5.41, 5.74) is 0. The average molecular weight is 298 g/mol. The third kappa shape index (κ3) is 3.08. The van der Waals surface area contributed by atoms with Crippen molar-refractivity contribution in [3.05, 3.63) is 8.83 Å². The Bertz CT molecular complexity index is 518. The third-order valence-electron chi connectivity index (χ3n) is 4.26. The van der Waals surface area contributed by atoms with E-state index >= 15 is 0 Å². The van der Waals surface area contributed by atoms with E-state index in [2.05, 4.69) is 13.8 Å². The second-order valence-corrected chi connectivity index (χ2v) is 7.09. The normalized spacial score (nSPS) is 28.1. The van der Waals surface area contributed by atoms with Crippen LogP contribution in [0.4, 0.5) is 0 Å². The molecule has 0 bridgehead atoms. The van der Waals surface area contributed by atoms with Gasteiger partial charge in [-0.15, -0.1) is 0 Å². The maximum absolute atomic E-state index is 10.1. The topological polar surface area (TPSA) is 37.5 Å². The number of thiazole rings is 1. The molecule has 0 amide bonds. The van der Waals surface area contributed by atoms with Gasteiger partial charge in [-0.2, -0.15) is 0 Å². The lowest BCUT2D eigenvalue weighted by Crippen LogP contribution is -2.27. The van der Waals surface area contributed by atoms with Gasteiger partial charge in [0.1, 0.15) is 4.88 Å². The molecule has 1 aromatic heterocycles. The molecule has 0 unspecified atom stereocenters. The fraction of sp³-hybridized carbons (Fsp3) is 0.714. The SMILES string of the molecule is CCn1c(O)c(C=N[C@H]2CCC[C@@H](C)[C@@H]2C)sc1=S. The molecule has 1 aliphatic carbocycles. The first-order chi connectivity index (χ1) is 9.04. The van der Waals surface area contributed by atoms with Crippen LogP contribution in [0, 0.1) is 15.8 Å². The van der Waals surface area contributed by atoms with Crippen molar-refractivity contribution in [2.75, 3.05) is 0 Å². The van der Waals surface area contributed by atoms with Crippen molar-refractivity contribution in [3.63, 3.8) is 0 Å². The number of hydrogen-bond donors (Lipinski definition) is 1. The minimum Gasteiger partial charge on any atom is -0.493 e. The van der Waals surface area contributed by atoms with E-state index in [1.54, 1.807) is 4.57 Å². The van der Waals surface area contributed by atoms with Crippen LogP contribution in [0.1, 0.15) is 44.9 Å². The predicted molar refractivity (Wildman–Crippen MR) is 84.0 cm³/mol. The number of aliphatic imine (C=N–C) groups is 1. The highest BCUT2D eigenvalue weighted by molar-refractivity contribution is 7.73. The van der Waals surface area contributed by atoms with Crippen molar-refractivity contribution in [1.82, 2.24) is 4.57 Å². The first kappa shape index (κ1) is 14.7. The van der Waals surface area contributed by atoms with Crippen LogP contribution in [0.25, 0.3) is 0 Å². The van der Waals surface area contributed by atoms with E-state index in [0.717, 1.165) is 17.2 Å². The first-order valence-electron chi connectivity index (χ1n) is 7.00. The van der Waals surface area contributed by atoms with Gasteiger partial charge < -0.3 is 5.11 Å². The lowest BCUT2D eigenvalue weighted by atomic mass is 9.78. The van der Waals surface area contributed by atoms with E-state index in [0.29, 0.717) is 22.5 Å². The molecule has 1 saturated carbocycles. The molecule has 1 N–H and O–H groups in total. The van der Waals surface area contributed by atoms with Gasteiger partial charge in [-0.05, 0) is 37.4 Å². The van der Waals surface area contributed by atoms with Crippen LogP contribution in [0.15, 0.2) is 4.99 Å². The fourth-order valence-electron chi connectivity index (χ4n) is 2.70. The van der Waals surface area contributed by atoms with Crippen molar-refractivity contribution in [2.45, 2.75) is 52.6 Å². The highest BCUT2D eigenvalue weighted by Crippen LogP contribution is 2.32. The molecule has 1 fully saturated rings. The molecule has 0 spiro atoms. The largest absolute Gasteiger partial charge is 0.493 e. The number of aromatic hydroxyl groups is 1. The molecule has 0 aromatic carbocycles. The maximum atomic E-state index is 10.1. The van der Waals surface area contributed by atoms with Crippen LogP contribution < -0.4 is 0 Å². The van der Waals surface area contributed by atoms with Crippen molar-refractivity contribution in [1.29, 1.82) is 0 Å². The molecule has 1 aliphatic rings. The highest BCUT2D eigenvalue weighted by Gasteiger charge is 2.26. The quantitative estimate of drug-likeness (QED) is 0.669. The molecular weight excluding hydrogens is 276 g/mol. The fourth-order valence-corrected chi connectivity index (χ4v) is 4.02. The van der Waals surface area contributed by atoms with Crippen LogP contribution in [-0.4, -0.2) is 21.9 Å². The Labute approximate surface area is 124 Å². The van der Waals surface area contributed by atoms with Crippen molar-refractivity contribution < 1.29 is 5.11 Å². The zero-order valence-corrected chi connectivity index (χ0v) is 13.4. The first-order valence-corrected chi connectivity index (χ1v) is 8.22. The minimum absolute atomic E-state index is 0.262. The van der Waals surface area contributed by atoms with E-state index in [4.69, 9.17) is 17.2 Å². The predicted octanol–water partition coefficient (Wildman–Crippen LogP) is 4.25. The summed E-state index contributed by atoms with van der Waals surface area (Å²) in [6.07, 6.45) is 5.54. The van der Waals surface area contributed by atoms with Crippen molar-refractivity contribution in [3.8, 4) is 5.88 Å². The van der Waals surface area contributed by atoms with Crippen LogP contribution in [-0.2, 0) is 6.54 Å². The number of aromatic nitrogens is 1. The molecule has 1 aromatic rings. The molecule has 3 atom stereocenters. The van der Waals surface area contributed by atoms with Gasteiger partial charge in [0.25, 0.3) is 0 Å². The van der Waals surface area contributed by atoms with Crippen molar-refractivity contribution in [2.24, 2.45) is 16.8 Å². The summed E-state index contributed by atoms with van der Waals surface area (Å²) in [6.45, 7) is 7.27. The molecule has 3 nitrogen and oxygen atoms in total. The Balaban J connectivity index is 2.16. The van der Waals surface area contributed by atoms with Gasteiger partial charge in [-0.1, -0.05) is 38.0 Å². The summed E-state index contributed by atoms with van der Waals surface area (Å²) >= 11 is 6.67. The van der Waals surface area contributed by atoms with E-state index < -0.39 is 0 Å². The summed E-state index contributed by atoms with van der Waals surface area (Å²) in [5.74, 6) is 1.62. The lowest BCUT2D eigenvalue weighted by Gasteiger charge is -2.31. The zero-order valence-electron chi connectivity index (χ0n) is 11.8. The summed E-state index contributed by atoms with van der Waals surface area (Å²) in [6, 6.07) is 0.383. The second kappa shape index (κ2) is 6.18. The van der Waals surface area contributed by atoms with E-state index in [1.165, 1.54) is 24.2 Å². The number of rotatable bonds is 3. The highest BCUT2D eigenvalue weighted by atomic mass is 32.1. The zero-order chi connectivity index (χ0) is 14.0. The Morgan fingerprint density at radius 2 is 2.21 bits per heavy atom. The Morgan fingerprint density at radius 1 is 1.47 bits per heavy atom. The lowest BCUT2D eigenvalue weighted by molar-refractivity contribution is 0.242. The minimum atomic E-state index is 0.262. The summed E-state index contributed by atoms with van der Waals surface area (Å²) in [5, 5.41) is 10.1. The van der Waals surface area contributed by atoms with E-state index in [-0.39, 0.29) is 5.88 Å². The van der Waals surface area contributed by atoms with E-state index in [1.807, 2.05) is 13.1 Å². The molecule has 0 radical (unpaired) electrons. The average Bonchev–Trinajstić information content (AvgIpc) is 2.66. The van der Waals surface area contributed by atoms with Gasteiger partial charge in [0.05, 0.1) is 6.04 Å². The molecular formula is C14H22N2OS2. The standard InChI is InChI=1S/C14H22N2OS2/c1-4-16-13(17)12(19-14(16)18)8-15-11-7-5-6-9(2)10(11)3/h8-11,17H,4-7H2,1-3H3/t9-,10+,11+/m1/s1.